The molecule has 114 valence electrons. The smallest absolute Gasteiger partial charge is 0.237 e. The van der Waals surface area contributed by atoms with Crippen LogP contribution in [-0.2, 0) is 9.53 Å². The van der Waals surface area contributed by atoms with Crippen molar-refractivity contribution in [2.24, 2.45) is 5.73 Å². The Morgan fingerprint density at radius 3 is 2.48 bits per heavy atom. The molecule has 0 aromatic heterocycles. The maximum Gasteiger partial charge on any atom is 0.237 e. The fraction of sp³-hybridized carbons (Fsp3) is 0.500. The Balaban J connectivity index is 2.19. The zero-order valence-electron chi connectivity index (χ0n) is 12.8. The van der Waals surface area contributed by atoms with Gasteiger partial charge in [0.2, 0.25) is 5.91 Å². The summed E-state index contributed by atoms with van der Waals surface area (Å²) in [6.45, 7) is 7.41. The molecule has 1 aliphatic heterocycles. The lowest BCUT2D eigenvalue weighted by atomic mass is 9.96. The van der Waals surface area contributed by atoms with E-state index in [1.165, 1.54) is 0 Å². The van der Waals surface area contributed by atoms with E-state index in [1.807, 2.05) is 37.8 Å². The second kappa shape index (κ2) is 6.37. The Morgan fingerprint density at radius 1 is 1.29 bits per heavy atom. The van der Waals surface area contributed by atoms with Gasteiger partial charge < -0.3 is 10.5 Å². The molecule has 21 heavy (non-hydrogen) atoms. The van der Waals surface area contributed by atoms with Crippen LogP contribution in [0.3, 0.4) is 0 Å². The Hall–Kier alpha value is -1.72. The van der Waals surface area contributed by atoms with Gasteiger partial charge in [-0.25, -0.2) is 0 Å². The van der Waals surface area contributed by atoms with Crippen molar-refractivity contribution < 1.29 is 14.3 Å². The van der Waals surface area contributed by atoms with Gasteiger partial charge in [0, 0.05) is 12.1 Å². The molecule has 0 radical (unpaired) electrons. The van der Waals surface area contributed by atoms with Gasteiger partial charge in [0.1, 0.15) is 6.04 Å². The highest BCUT2D eigenvalue weighted by molar-refractivity contribution is 6.00. The van der Waals surface area contributed by atoms with Crippen LogP contribution in [0.15, 0.2) is 12.1 Å². The molecule has 2 N–H and O–H groups in total. The first kappa shape index (κ1) is 15.7. The van der Waals surface area contributed by atoms with E-state index in [1.54, 1.807) is 0 Å². The molecule has 0 spiro atoms. The summed E-state index contributed by atoms with van der Waals surface area (Å²) in [5.74, 6) is -0.419. The fourth-order valence-corrected chi connectivity index (χ4v) is 2.97. The molecular formula is C16H22N2O3. The zero-order valence-corrected chi connectivity index (χ0v) is 12.8. The predicted octanol–water partition coefficient (Wildman–Crippen LogP) is 0.981. The molecule has 2 rings (SSSR count). The molecule has 1 saturated heterocycles. The number of amides is 1. The highest BCUT2D eigenvalue weighted by atomic mass is 16.5. The number of aryl methyl sites for hydroxylation is 3. The average molecular weight is 290 g/mol. The Labute approximate surface area is 125 Å². The predicted molar refractivity (Wildman–Crippen MR) is 80.4 cm³/mol. The van der Waals surface area contributed by atoms with E-state index in [0.717, 1.165) is 22.3 Å². The third-order valence-electron chi connectivity index (χ3n) is 3.87. The quantitative estimate of drug-likeness (QED) is 0.839. The highest BCUT2D eigenvalue weighted by Crippen LogP contribution is 2.18. The van der Waals surface area contributed by atoms with E-state index >= 15 is 0 Å². The molecule has 1 aliphatic rings. The van der Waals surface area contributed by atoms with Crippen LogP contribution in [0.4, 0.5) is 0 Å². The summed E-state index contributed by atoms with van der Waals surface area (Å²) in [4.78, 5) is 25.9. The van der Waals surface area contributed by atoms with Gasteiger partial charge >= 0.3 is 0 Å². The van der Waals surface area contributed by atoms with E-state index < -0.39 is 11.9 Å². The summed E-state index contributed by atoms with van der Waals surface area (Å²) in [6, 6.07) is 3.49. The molecule has 1 fully saturated rings. The minimum Gasteiger partial charge on any atom is -0.378 e. The number of nitrogens with two attached hydrogens (primary N) is 1. The lowest BCUT2D eigenvalue weighted by Gasteiger charge is -2.33. The summed E-state index contributed by atoms with van der Waals surface area (Å²) in [5, 5.41) is 0. The number of hydrogen-bond donors (Lipinski definition) is 1. The number of ether oxygens (including phenoxy) is 1. The normalized spacial score (nSPS) is 19.5. The number of morpholine rings is 1. The zero-order chi connectivity index (χ0) is 15.6. The van der Waals surface area contributed by atoms with Gasteiger partial charge in [-0.3, -0.25) is 14.5 Å². The van der Waals surface area contributed by atoms with Gasteiger partial charge in [0.05, 0.1) is 19.8 Å². The molecule has 0 aliphatic carbocycles. The van der Waals surface area contributed by atoms with Crippen LogP contribution in [0.2, 0.25) is 0 Å². The molecule has 0 bridgehead atoms. The molecule has 1 aromatic carbocycles. The molecule has 1 unspecified atom stereocenters. The van der Waals surface area contributed by atoms with Gasteiger partial charge in [-0.15, -0.1) is 0 Å². The second-order valence-corrected chi connectivity index (χ2v) is 5.66. The number of benzene rings is 1. The summed E-state index contributed by atoms with van der Waals surface area (Å²) in [7, 11) is 0. The van der Waals surface area contributed by atoms with Crippen LogP contribution < -0.4 is 5.73 Å². The first-order valence-electron chi connectivity index (χ1n) is 7.12. The van der Waals surface area contributed by atoms with Gasteiger partial charge in [0.25, 0.3) is 0 Å². The summed E-state index contributed by atoms with van der Waals surface area (Å²) >= 11 is 0. The van der Waals surface area contributed by atoms with Crippen LogP contribution in [0, 0.1) is 20.8 Å². The largest absolute Gasteiger partial charge is 0.378 e. The third-order valence-corrected chi connectivity index (χ3v) is 3.87. The van der Waals surface area contributed by atoms with Crippen LogP contribution in [0.25, 0.3) is 0 Å². The van der Waals surface area contributed by atoms with E-state index in [-0.39, 0.29) is 18.9 Å². The number of carbonyl (C=O) groups excluding carboxylic acids is 2. The van der Waals surface area contributed by atoms with Crippen molar-refractivity contribution in [1.29, 1.82) is 0 Å². The number of primary amides is 1. The van der Waals surface area contributed by atoms with Crippen molar-refractivity contribution >= 4 is 11.7 Å². The van der Waals surface area contributed by atoms with Crippen molar-refractivity contribution in [1.82, 2.24) is 4.90 Å². The van der Waals surface area contributed by atoms with E-state index in [4.69, 9.17) is 10.5 Å². The number of nitrogens with zero attached hydrogens (tertiary/aromatic N) is 1. The number of hydrogen-bond acceptors (Lipinski definition) is 4. The fourth-order valence-electron chi connectivity index (χ4n) is 2.97. The van der Waals surface area contributed by atoms with Gasteiger partial charge in [-0.2, -0.15) is 0 Å². The molecule has 1 aromatic rings. The maximum atomic E-state index is 12.6. The van der Waals surface area contributed by atoms with Crippen LogP contribution in [0.1, 0.15) is 27.0 Å². The van der Waals surface area contributed by atoms with Gasteiger partial charge in [0.15, 0.2) is 5.78 Å². The SMILES string of the molecule is Cc1cc(C)c(C(=O)CN2CCOCC2C(N)=O)c(C)c1. The molecule has 1 atom stereocenters. The lowest BCUT2D eigenvalue weighted by molar-refractivity contribution is -0.128. The van der Waals surface area contributed by atoms with Gasteiger partial charge in [-0.1, -0.05) is 17.7 Å². The summed E-state index contributed by atoms with van der Waals surface area (Å²) < 4.78 is 5.27. The van der Waals surface area contributed by atoms with Crippen molar-refractivity contribution in [3.63, 3.8) is 0 Å². The molecule has 1 amide bonds. The second-order valence-electron chi connectivity index (χ2n) is 5.66. The Kier molecular flexibility index (Phi) is 4.75. The third kappa shape index (κ3) is 3.49. The summed E-state index contributed by atoms with van der Waals surface area (Å²) in [5.41, 5.74) is 9.21. The van der Waals surface area contributed by atoms with Crippen LogP contribution >= 0.6 is 0 Å². The molecule has 1 heterocycles. The molecule has 5 nitrogen and oxygen atoms in total. The molecule has 5 heteroatoms. The van der Waals surface area contributed by atoms with Crippen molar-refractivity contribution in [2.45, 2.75) is 26.8 Å². The van der Waals surface area contributed by atoms with E-state index in [0.29, 0.717) is 13.2 Å². The number of Topliss-reactive ketones (excluding diaryl/α,β-unsaturated/α-hetero) is 1. The maximum absolute atomic E-state index is 12.6. The standard InChI is InChI=1S/C16H22N2O3/c1-10-6-11(2)15(12(3)7-10)14(19)8-18-4-5-21-9-13(18)16(17)20/h6-7,13H,4-5,8-9H2,1-3H3,(H2,17,20). The molecular weight excluding hydrogens is 268 g/mol. The van der Waals surface area contributed by atoms with Crippen LogP contribution in [-0.4, -0.2) is 48.9 Å². The minimum absolute atomic E-state index is 0.0261. The van der Waals surface area contributed by atoms with Crippen molar-refractivity contribution in [3.8, 4) is 0 Å². The monoisotopic (exact) mass is 290 g/mol. The van der Waals surface area contributed by atoms with Gasteiger partial charge in [-0.05, 0) is 31.9 Å². The topological polar surface area (TPSA) is 72.6 Å². The lowest BCUT2D eigenvalue weighted by Crippen LogP contribution is -2.53. The van der Waals surface area contributed by atoms with Crippen LogP contribution in [0.5, 0.6) is 0 Å². The highest BCUT2D eigenvalue weighted by Gasteiger charge is 2.29. The number of carbonyl (C=O) groups is 2. The molecule has 0 saturated carbocycles. The summed E-state index contributed by atoms with van der Waals surface area (Å²) in [6.07, 6.45) is 0. The Bertz CT molecular complexity index is 546. The van der Waals surface area contributed by atoms with Crippen molar-refractivity contribution in [3.05, 3.63) is 34.4 Å². The average Bonchev–Trinajstić information content (AvgIpc) is 2.37. The van der Waals surface area contributed by atoms with Crippen molar-refractivity contribution in [2.75, 3.05) is 26.3 Å². The first-order valence-corrected chi connectivity index (χ1v) is 7.12. The number of ketones is 1. The first-order chi connectivity index (χ1) is 9.90. The van der Waals surface area contributed by atoms with E-state index in [9.17, 15) is 9.59 Å². The number of rotatable bonds is 4. The van der Waals surface area contributed by atoms with E-state index in [2.05, 4.69) is 0 Å². The Morgan fingerprint density at radius 2 is 1.90 bits per heavy atom. The minimum atomic E-state index is -0.520.